The van der Waals surface area contributed by atoms with E-state index in [0.717, 1.165) is 43.6 Å². The van der Waals surface area contributed by atoms with Crippen LogP contribution in [0.25, 0.3) is 0 Å². The van der Waals surface area contributed by atoms with Gasteiger partial charge in [-0.15, -0.1) is 0 Å². The van der Waals surface area contributed by atoms with Crippen LogP contribution in [-0.2, 0) is 6.42 Å². The van der Waals surface area contributed by atoms with E-state index in [1.54, 1.807) is 0 Å². The first-order valence-electron chi connectivity index (χ1n) is 6.13. The third-order valence-electron chi connectivity index (χ3n) is 3.96. The summed E-state index contributed by atoms with van der Waals surface area (Å²) in [6.45, 7) is 2.94. The van der Waals surface area contributed by atoms with Crippen molar-refractivity contribution in [2.45, 2.75) is 38.7 Å². The Bertz CT molecular complexity index is 407. The van der Waals surface area contributed by atoms with E-state index in [2.05, 4.69) is 13.0 Å². The van der Waals surface area contributed by atoms with Crippen molar-refractivity contribution in [2.24, 2.45) is 5.41 Å². The SMILES string of the molecule is CC1(C(O)c2cccc3c2OCCC3)CC1. The molecule has 1 saturated carbocycles. The van der Waals surface area contributed by atoms with E-state index >= 15 is 0 Å². The summed E-state index contributed by atoms with van der Waals surface area (Å²) in [5, 5.41) is 10.4. The minimum absolute atomic E-state index is 0.0932. The van der Waals surface area contributed by atoms with Gasteiger partial charge < -0.3 is 9.84 Å². The zero-order chi connectivity index (χ0) is 11.2. The van der Waals surface area contributed by atoms with Crippen LogP contribution in [0.5, 0.6) is 5.75 Å². The normalized spacial score (nSPS) is 23.1. The number of aliphatic hydroxyl groups is 1. The maximum atomic E-state index is 10.4. The van der Waals surface area contributed by atoms with E-state index in [1.165, 1.54) is 5.56 Å². The van der Waals surface area contributed by atoms with Crippen LogP contribution in [0.3, 0.4) is 0 Å². The Morgan fingerprint density at radius 3 is 2.94 bits per heavy atom. The van der Waals surface area contributed by atoms with Gasteiger partial charge in [-0.1, -0.05) is 25.1 Å². The summed E-state index contributed by atoms with van der Waals surface area (Å²) in [5.41, 5.74) is 2.35. The van der Waals surface area contributed by atoms with Crippen LogP contribution < -0.4 is 4.74 Å². The summed E-state index contributed by atoms with van der Waals surface area (Å²) in [5.74, 6) is 0.953. The molecule has 0 bridgehead atoms. The molecule has 1 aliphatic carbocycles. The first kappa shape index (κ1) is 10.2. The number of ether oxygens (including phenoxy) is 1. The molecular weight excluding hydrogens is 200 g/mol. The van der Waals surface area contributed by atoms with Crippen molar-refractivity contribution in [1.29, 1.82) is 0 Å². The minimum atomic E-state index is -0.361. The summed E-state index contributed by atoms with van der Waals surface area (Å²) in [6.07, 6.45) is 4.05. The number of hydrogen-bond acceptors (Lipinski definition) is 2. The van der Waals surface area contributed by atoms with Gasteiger partial charge in [-0.2, -0.15) is 0 Å². The molecule has 86 valence electrons. The molecule has 16 heavy (non-hydrogen) atoms. The maximum Gasteiger partial charge on any atom is 0.128 e. The molecule has 2 heteroatoms. The molecule has 0 spiro atoms. The molecule has 0 aromatic heterocycles. The van der Waals surface area contributed by atoms with Gasteiger partial charge in [0, 0.05) is 5.56 Å². The van der Waals surface area contributed by atoms with Crippen LogP contribution in [0.4, 0.5) is 0 Å². The van der Waals surface area contributed by atoms with Crippen LogP contribution in [0.15, 0.2) is 18.2 Å². The summed E-state index contributed by atoms with van der Waals surface area (Å²) >= 11 is 0. The molecule has 1 unspecified atom stereocenters. The predicted octanol–water partition coefficient (Wildman–Crippen LogP) is 2.85. The number of aryl methyl sites for hydroxylation is 1. The second kappa shape index (κ2) is 3.49. The predicted molar refractivity (Wildman–Crippen MR) is 62.6 cm³/mol. The largest absolute Gasteiger partial charge is 0.493 e. The number of fused-ring (bicyclic) bond motifs is 1. The number of rotatable bonds is 2. The Hall–Kier alpha value is -1.02. The van der Waals surface area contributed by atoms with Crippen molar-refractivity contribution in [3.63, 3.8) is 0 Å². The lowest BCUT2D eigenvalue weighted by Crippen LogP contribution is -2.16. The quantitative estimate of drug-likeness (QED) is 0.827. The lowest BCUT2D eigenvalue weighted by Gasteiger charge is -2.25. The Kier molecular flexibility index (Phi) is 2.21. The highest BCUT2D eigenvalue weighted by atomic mass is 16.5. The van der Waals surface area contributed by atoms with Crippen LogP contribution >= 0.6 is 0 Å². The average Bonchev–Trinajstić information content (AvgIpc) is 3.07. The molecule has 1 fully saturated rings. The van der Waals surface area contributed by atoms with E-state index in [4.69, 9.17) is 4.74 Å². The molecule has 1 N–H and O–H groups in total. The fourth-order valence-corrected chi connectivity index (χ4v) is 2.48. The Labute approximate surface area is 96.2 Å². The van der Waals surface area contributed by atoms with Crippen molar-refractivity contribution in [2.75, 3.05) is 6.61 Å². The van der Waals surface area contributed by atoms with Gasteiger partial charge in [0.05, 0.1) is 12.7 Å². The van der Waals surface area contributed by atoms with Gasteiger partial charge in [-0.3, -0.25) is 0 Å². The molecule has 1 aliphatic heterocycles. The van der Waals surface area contributed by atoms with E-state index in [0.29, 0.717) is 0 Å². The molecule has 0 amide bonds. The highest BCUT2D eigenvalue weighted by Crippen LogP contribution is 2.56. The van der Waals surface area contributed by atoms with E-state index in [9.17, 15) is 5.11 Å². The summed E-state index contributed by atoms with van der Waals surface area (Å²) in [7, 11) is 0. The third kappa shape index (κ3) is 1.52. The van der Waals surface area contributed by atoms with E-state index in [-0.39, 0.29) is 11.5 Å². The molecular formula is C14H18O2. The molecule has 1 heterocycles. The molecule has 0 saturated heterocycles. The zero-order valence-corrected chi connectivity index (χ0v) is 9.70. The van der Waals surface area contributed by atoms with Gasteiger partial charge >= 0.3 is 0 Å². The Morgan fingerprint density at radius 1 is 1.38 bits per heavy atom. The fraction of sp³-hybridized carbons (Fsp3) is 0.571. The zero-order valence-electron chi connectivity index (χ0n) is 9.70. The molecule has 1 aromatic rings. The first-order chi connectivity index (χ1) is 7.71. The third-order valence-corrected chi connectivity index (χ3v) is 3.96. The summed E-state index contributed by atoms with van der Waals surface area (Å²) in [4.78, 5) is 0. The lowest BCUT2D eigenvalue weighted by atomic mass is 9.91. The minimum Gasteiger partial charge on any atom is -0.493 e. The van der Waals surface area contributed by atoms with Gasteiger partial charge in [-0.05, 0) is 36.7 Å². The maximum absolute atomic E-state index is 10.4. The van der Waals surface area contributed by atoms with Gasteiger partial charge in [0.15, 0.2) is 0 Å². The van der Waals surface area contributed by atoms with Crippen LogP contribution in [0, 0.1) is 5.41 Å². The Morgan fingerprint density at radius 2 is 2.19 bits per heavy atom. The number of benzene rings is 1. The monoisotopic (exact) mass is 218 g/mol. The van der Waals surface area contributed by atoms with Crippen LogP contribution in [0.2, 0.25) is 0 Å². The van der Waals surface area contributed by atoms with Gasteiger partial charge in [0.1, 0.15) is 5.75 Å². The molecule has 1 aromatic carbocycles. The highest BCUT2D eigenvalue weighted by Gasteiger charge is 2.46. The van der Waals surface area contributed by atoms with Crippen molar-refractivity contribution in [3.8, 4) is 5.75 Å². The number of para-hydroxylation sites is 1. The molecule has 0 radical (unpaired) electrons. The Balaban J connectivity index is 2.00. The molecule has 2 nitrogen and oxygen atoms in total. The van der Waals surface area contributed by atoms with Gasteiger partial charge in [0.2, 0.25) is 0 Å². The average molecular weight is 218 g/mol. The van der Waals surface area contributed by atoms with E-state index < -0.39 is 0 Å². The number of hydrogen-bond donors (Lipinski definition) is 1. The van der Waals surface area contributed by atoms with Crippen molar-refractivity contribution in [3.05, 3.63) is 29.3 Å². The van der Waals surface area contributed by atoms with E-state index in [1.807, 2.05) is 12.1 Å². The molecule has 1 atom stereocenters. The fourth-order valence-electron chi connectivity index (χ4n) is 2.48. The van der Waals surface area contributed by atoms with Crippen LogP contribution in [-0.4, -0.2) is 11.7 Å². The first-order valence-corrected chi connectivity index (χ1v) is 6.13. The van der Waals surface area contributed by atoms with Gasteiger partial charge in [-0.25, -0.2) is 0 Å². The second-order valence-corrected chi connectivity index (χ2v) is 5.34. The van der Waals surface area contributed by atoms with Gasteiger partial charge in [0.25, 0.3) is 0 Å². The summed E-state index contributed by atoms with van der Waals surface area (Å²) in [6, 6.07) is 6.16. The van der Waals surface area contributed by atoms with Crippen molar-refractivity contribution in [1.82, 2.24) is 0 Å². The summed E-state index contributed by atoms with van der Waals surface area (Å²) < 4.78 is 5.74. The second-order valence-electron chi connectivity index (χ2n) is 5.34. The van der Waals surface area contributed by atoms with Crippen molar-refractivity contribution >= 4 is 0 Å². The molecule has 2 aliphatic rings. The highest BCUT2D eigenvalue weighted by molar-refractivity contribution is 5.45. The smallest absolute Gasteiger partial charge is 0.128 e. The standard InChI is InChI=1S/C14H18O2/c1-14(7-8-14)13(15)11-6-2-4-10-5-3-9-16-12(10)11/h2,4,6,13,15H,3,5,7-9H2,1H3. The lowest BCUT2D eigenvalue weighted by molar-refractivity contribution is 0.0987. The topological polar surface area (TPSA) is 29.5 Å². The van der Waals surface area contributed by atoms with Crippen molar-refractivity contribution < 1.29 is 9.84 Å². The van der Waals surface area contributed by atoms with Crippen LogP contribution in [0.1, 0.15) is 43.4 Å². The molecule has 3 rings (SSSR count). The number of aliphatic hydroxyl groups excluding tert-OH is 1.